The molecule has 18 heavy (non-hydrogen) atoms. The average Bonchev–Trinajstić information content (AvgIpc) is 2.35. The number of nitrogens with one attached hydrogen (secondary N) is 1. The van der Waals surface area contributed by atoms with E-state index in [1.54, 1.807) is 12.1 Å². The second-order valence-electron chi connectivity index (χ2n) is 4.72. The van der Waals surface area contributed by atoms with Gasteiger partial charge in [-0.1, -0.05) is 18.2 Å². The van der Waals surface area contributed by atoms with Crippen LogP contribution in [0.4, 0.5) is 10.1 Å². The Labute approximate surface area is 108 Å². The lowest BCUT2D eigenvalue weighted by molar-refractivity contribution is 0.628. The third-order valence-corrected chi connectivity index (χ3v) is 3.26. The molecule has 0 fully saturated rings. The Morgan fingerprint density at radius 3 is 2.22 bits per heavy atom. The quantitative estimate of drug-likeness (QED) is 0.829. The summed E-state index contributed by atoms with van der Waals surface area (Å²) in [6.45, 7) is 6.33. The first-order valence-electron chi connectivity index (χ1n) is 6.15. The van der Waals surface area contributed by atoms with E-state index in [0.717, 1.165) is 5.69 Å². The van der Waals surface area contributed by atoms with Crippen molar-refractivity contribution in [1.29, 1.82) is 0 Å². The number of anilines is 1. The Morgan fingerprint density at radius 1 is 0.944 bits per heavy atom. The Morgan fingerprint density at radius 2 is 1.61 bits per heavy atom. The lowest BCUT2D eigenvalue weighted by Crippen LogP contribution is -2.07. The summed E-state index contributed by atoms with van der Waals surface area (Å²) in [6, 6.07) is 13.1. The van der Waals surface area contributed by atoms with E-state index >= 15 is 0 Å². The monoisotopic (exact) mass is 243 g/mol. The molecule has 0 radical (unpaired) electrons. The molecule has 2 rings (SSSR count). The lowest BCUT2D eigenvalue weighted by atomic mass is 10.0. The summed E-state index contributed by atoms with van der Waals surface area (Å²) in [5.41, 5.74) is 4.76. The van der Waals surface area contributed by atoms with Gasteiger partial charge >= 0.3 is 0 Å². The number of hydrogen-bond acceptors (Lipinski definition) is 1. The Hall–Kier alpha value is -1.83. The molecule has 0 bridgehead atoms. The third-order valence-electron chi connectivity index (χ3n) is 3.26. The zero-order valence-corrected chi connectivity index (χ0v) is 11.0. The fraction of sp³-hybridized carbons (Fsp3) is 0.250. The zero-order chi connectivity index (χ0) is 13.1. The summed E-state index contributed by atoms with van der Waals surface area (Å²) < 4.78 is 12.8. The number of halogens is 1. The first-order valence-corrected chi connectivity index (χ1v) is 6.15. The molecule has 94 valence electrons. The van der Waals surface area contributed by atoms with Gasteiger partial charge in [0.15, 0.2) is 0 Å². The number of benzene rings is 2. The minimum atomic E-state index is -0.209. The van der Waals surface area contributed by atoms with Crippen LogP contribution in [0.2, 0.25) is 0 Å². The SMILES string of the molecule is Cc1ccc(C(C)Nc2ccc(F)cc2)cc1C. The fourth-order valence-electron chi connectivity index (χ4n) is 1.91. The van der Waals surface area contributed by atoms with Gasteiger partial charge in [0.1, 0.15) is 5.82 Å². The molecule has 1 nitrogen and oxygen atoms in total. The molecule has 0 amide bonds. The molecule has 1 unspecified atom stereocenters. The van der Waals surface area contributed by atoms with Crippen molar-refractivity contribution in [3.05, 3.63) is 65.0 Å². The Bertz CT molecular complexity index is 531. The van der Waals surface area contributed by atoms with Crippen LogP contribution < -0.4 is 5.32 Å². The molecule has 2 aromatic carbocycles. The molecule has 0 aliphatic heterocycles. The molecule has 0 aromatic heterocycles. The molecule has 0 saturated heterocycles. The second-order valence-corrected chi connectivity index (χ2v) is 4.72. The van der Waals surface area contributed by atoms with Gasteiger partial charge in [-0.25, -0.2) is 4.39 Å². The molecule has 0 aliphatic rings. The van der Waals surface area contributed by atoms with Crippen molar-refractivity contribution in [2.24, 2.45) is 0 Å². The van der Waals surface area contributed by atoms with E-state index in [9.17, 15) is 4.39 Å². The zero-order valence-electron chi connectivity index (χ0n) is 11.0. The van der Waals surface area contributed by atoms with Gasteiger partial charge < -0.3 is 5.32 Å². The highest BCUT2D eigenvalue weighted by atomic mass is 19.1. The summed E-state index contributed by atoms with van der Waals surface area (Å²) in [4.78, 5) is 0. The van der Waals surface area contributed by atoms with Crippen molar-refractivity contribution in [2.75, 3.05) is 5.32 Å². The van der Waals surface area contributed by atoms with E-state index in [1.807, 2.05) is 0 Å². The van der Waals surface area contributed by atoms with Gasteiger partial charge in [-0.3, -0.25) is 0 Å². The largest absolute Gasteiger partial charge is 0.379 e. The summed E-state index contributed by atoms with van der Waals surface area (Å²) in [5.74, 6) is -0.209. The van der Waals surface area contributed by atoms with Crippen LogP contribution in [0.3, 0.4) is 0 Å². The molecular formula is C16H18FN. The second kappa shape index (κ2) is 5.21. The molecule has 0 saturated carbocycles. The predicted molar refractivity (Wildman–Crippen MR) is 74.4 cm³/mol. The van der Waals surface area contributed by atoms with Crippen LogP contribution in [0.25, 0.3) is 0 Å². The maximum atomic E-state index is 12.8. The van der Waals surface area contributed by atoms with E-state index in [-0.39, 0.29) is 11.9 Å². The van der Waals surface area contributed by atoms with E-state index < -0.39 is 0 Å². The number of hydrogen-bond donors (Lipinski definition) is 1. The van der Waals surface area contributed by atoms with Gasteiger partial charge in [0, 0.05) is 11.7 Å². The number of rotatable bonds is 3. The number of aryl methyl sites for hydroxylation is 2. The maximum Gasteiger partial charge on any atom is 0.123 e. The van der Waals surface area contributed by atoms with Crippen LogP contribution >= 0.6 is 0 Å². The molecule has 2 heteroatoms. The summed E-state index contributed by atoms with van der Waals surface area (Å²) in [5, 5.41) is 3.37. The van der Waals surface area contributed by atoms with Gasteiger partial charge in [0.2, 0.25) is 0 Å². The van der Waals surface area contributed by atoms with Crippen molar-refractivity contribution in [1.82, 2.24) is 0 Å². The molecule has 0 spiro atoms. The Kier molecular flexibility index (Phi) is 3.66. The molecule has 2 aromatic rings. The topological polar surface area (TPSA) is 12.0 Å². The molecule has 0 heterocycles. The smallest absolute Gasteiger partial charge is 0.123 e. The van der Waals surface area contributed by atoms with Crippen molar-refractivity contribution in [2.45, 2.75) is 26.8 Å². The average molecular weight is 243 g/mol. The van der Waals surface area contributed by atoms with E-state index in [2.05, 4.69) is 44.3 Å². The van der Waals surface area contributed by atoms with Crippen molar-refractivity contribution in [3.63, 3.8) is 0 Å². The molecular weight excluding hydrogens is 225 g/mol. The fourth-order valence-corrected chi connectivity index (χ4v) is 1.91. The first-order chi connectivity index (χ1) is 8.56. The van der Waals surface area contributed by atoms with Crippen LogP contribution in [0.5, 0.6) is 0 Å². The minimum absolute atomic E-state index is 0.203. The van der Waals surface area contributed by atoms with Crippen LogP contribution in [0.15, 0.2) is 42.5 Å². The molecule has 1 N–H and O–H groups in total. The highest BCUT2D eigenvalue weighted by Gasteiger charge is 2.06. The minimum Gasteiger partial charge on any atom is -0.379 e. The highest BCUT2D eigenvalue weighted by molar-refractivity contribution is 5.45. The van der Waals surface area contributed by atoms with E-state index in [1.165, 1.54) is 28.8 Å². The Balaban J connectivity index is 2.13. The van der Waals surface area contributed by atoms with E-state index in [4.69, 9.17) is 0 Å². The van der Waals surface area contributed by atoms with Gasteiger partial charge in [-0.05, 0) is 61.7 Å². The standard InChI is InChI=1S/C16H18FN/c1-11-4-5-14(10-12(11)2)13(3)18-16-8-6-15(17)7-9-16/h4-10,13,18H,1-3H3. The van der Waals surface area contributed by atoms with Crippen LogP contribution in [0, 0.1) is 19.7 Å². The van der Waals surface area contributed by atoms with Crippen LogP contribution in [-0.4, -0.2) is 0 Å². The van der Waals surface area contributed by atoms with Gasteiger partial charge in [0.05, 0.1) is 0 Å². The molecule has 1 atom stereocenters. The van der Waals surface area contributed by atoms with Gasteiger partial charge in [0.25, 0.3) is 0 Å². The first kappa shape index (κ1) is 12.6. The van der Waals surface area contributed by atoms with Gasteiger partial charge in [-0.2, -0.15) is 0 Å². The maximum absolute atomic E-state index is 12.8. The van der Waals surface area contributed by atoms with Gasteiger partial charge in [-0.15, -0.1) is 0 Å². The lowest BCUT2D eigenvalue weighted by Gasteiger charge is -2.17. The third kappa shape index (κ3) is 2.89. The van der Waals surface area contributed by atoms with Crippen LogP contribution in [-0.2, 0) is 0 Å². The summed E-state index contributed by atoms with van der Waals surface area (Å²) in [7, 11) is 0. The van der Waals surface area contributed by atoms with Crippen LogP contribution in [0.1, 0.15) is 29.7 Å². The van der Waals surface area contributed by atoms with Crippen molar-refractivity contribution < 1.29 is 4.39 Å². The van der Waals surface area contributed by atoms with Crippen molar-refractivity contribution >= 4 is 5.69 Å². The highest BCUT2D eigenvalue weighted by Crippen LogP contribution is 2.21. The summed E-state index contributed by atoms with van der Waals surface area (Å²) >= 11 is 0. The molecule has 0 aliphatic carbocycles. The predicted octanol–water partition coefficient (Wildman–Crippen LogP) is 4.62. The summed E-state index contributed by atoms with van der Waals surface area (Å²) in [6.07, 6.45) is 0. The van der Waals surface area contributed by atoms with E-state index in [0.29, 0.717) is 0 Å². The van der Waals surface area contributed by atoms with Crippen molar-refractivity contribution in [3.8, 4) is 0 Å². The normalized spacial score (nSPS) is 12.2.